The van der Waals surface area contributed by atoms with Gasteiger partial charge in [0.05, 0.1) is 31.3 Å². The van der Waals surface area contributed by atoms with E-state index in [1.165, 1.54) is 0 Å². The van der Waals surface area contributed by atoms with Gasteiger partial charge in [-0.2, -0.15) is 5.26 Å². The van der Waals surface area contributed by atoms with Gasteiger partial charge in [0.1, 0.15) is 0 Å². The van der Waals surface area contributed by atoms with Gasteiger partial charge in [-0.1, -0.05) is 12.1 Å². The number of carbonyl (C=O) groups is 1. The van der Waals surface area contributed by atoms with E-state index in [1.807, 2.05) is 6.07 Å². The maximum absolute atomic E-state index is 11.8. The van der Waals surface area contributed by atoms with Gasteiger partial charge in [0.2, 0.25) is 0 Å². The molecule has 0 unspecified atom stereocenters. The van der Waals surface area contributed by atoms with E-state index < -0.39 is 6.29 Å². The van der Waals surface area contributed by atoms with Crippen molar-refractivity contribution in [2.75, 3.05) is 13.2 Å². The predicted molar refractivity (Wildman–Crippen MR) is 55.8 cm³/mol. The number of ether oxygens (including phenoxy) is 2. The van der Waals surface area contributed by atoms with E-state index in [-0.39, 0.29) is 12.2 Å². The number of hydrogen-bond acceptors (Lipinski definition) is 4. The van der Waals surface area contributed by atoms with Crippen molar-refractivity contribution in [3.63, 3.8) is 0 Å². The van der Waals surface area contributed by atoms with Gasteiger partial charge >= 0.3 is 0 Å². The van der Waals surface area contributed by atoms with Crippen LogP contribution >= 0.6 is 0 Å². The first-order valence-electron chi connectivity index (χ1n) is 5.06. The first-order valence-corrected chi connectivity index (χ1v) is 5.06. The minimum atomic E-state index is -0.432. The summed E-state index contributed by atoms with van der Waals surface area (Å²) in [6.07, 6.45) is -0.229. The predicted octanol–water partition coefficient (Wildman–Crippen LogP) is 1.50. The molecule has 1 fully saturated rings. The molecule has 0 saturated carbocycles. The maximum Gasteiger partial charge on any atom is 0.167 e. The van der Waals surface area contributed by atoms with Crippen molar-refractivity contribution in [3.05, 3.63) is 35.4 Å². The molecule has 82 valence electrons. The van der Waals surface area contributed by atoms with E-state index in [1.54, 1.807) is 24.3 Å². The Balaban J connectivity index is 2.05. The van der Waals surface area contributed by atoms with E-state index in [9.17, 15) is 4.79 Å². The fourth-order valence-electron chi connectivity index (χ4n) is 1.56. The van der Waals surface area contributed by atoms with Crippen molar-refractivity contribution in [1.29, 1.82) is 5.26 Å². The third-order valence-corrected chi connectivity index (χ3v) is 2.36. The van der Waals surface area contributed by atoms with Gasteiger partial charge in [0.25, 0.3) is 0 Å². The quantitative estimate of drug-likeness (QED) is 0.720. The number of nitriles is 1. The zero-order chi connectivity index (χ0) is 11.4. The molecule has 1 saturated heterocycles. The van der Waals surface area contributed by atoms with E-state index in [2.05, 4.69) is 0 Å². The molecule has 1 heterocycles. The lowest BCUT2D eigenvalue weighted by molar-refractivity contribution is -0.0407. The summed E-state index contributed by atoms with van der Waals surface area (Å²) < 4.78 is 10.4. The molecule has 0 bridgehead atoms. The summed E-state index contributed by atoms with van der Waals surface area (Å²) in [6, 6.07) is 8.64. The van der Waals surface area contributed by atoms with Crippen molar-refractivity contribution in [3.8, 4) is 6.07 Å². The molecule has 1 aliphatic heterocycles. The summed E-state index contributed by atoms with van der Waals surface area (Å²) in [6.45, 7) is 1.08. The van der Waals surface area contributed by atoms with Crippen LogP contribution in [0.3, 0.4) is 0 Å². The SMILES string of the molecule is N#Cc1cccc(C(=O)CC2OCCO2)c1. The van der Waals surface area contributed by atoms with E-state index >= 15 is 0 Å². The Bertz CT molecular complexity index is 430. The molecule has 0 aromatic heterocycles. The Morgan fingerprint density at radius 1 is 1.44 bits per heavy atom. The second-order valence-corrected chi connectivity index (χ2v) is 3.49. The minimum absolute atomic E-state index is 0.0657. The summed E-state index contributed by atoms with van der Waals surface area (Å²) >= 11 is 0. The number of Topliss-reactive ketones (excluding diaryl/α,β-unsaturated/α-hetero) is 1. The van der Waals surface area contributed by atoms with Crippen LogP contribution in [0, 0.1) is 11.3 Å². The van der Waals surface area contributed by atoms with Gasteiger partial charge in [0.15, 0.2) is 12.1 Å². The van der Waals surface area contributed by atoms with Crippen molar-refractivity contribution in [2.45, 2.75) is 12.7 Å². The highest BCUT2D eigenvalue weighted by molar-refractivity contribution is 5.96. The molecule has 0 aliphatic carbocycles. The summed E-state index contributed by atoms with van der Waals surface area (Å²) in [4.78, 5) is 11.8. The molecule has 4 nitrogen and oxygen atoms in total. The number of carbonyl (C=O) groups excluding carboxylic acids is 1. The third kappa shape index (κ3) is 2.45. The summed E-state index contributed by atoms with van der Waals surface area (Å²) in [5, 5.41) is 8.72. The van der Waals surface area contributed by atoms with Crippen LogP contribution in [0.1, 0.15) is 22.3 Å². The highest BCUT2D eigenvalue weighted by atomic mass is 16.7. The molecular formula is C12H11NO3. The Labute approximate surface area is 93.4 Å². The Hall–Kier alpha value is -1.70. The van der Waals surface area contributed by atoms with Crippen LogP contribution in [0.5, 0.6) is 0 Å². The highest BCUT2D eigenvalue weighted by Crippen LogP contribution is 2.13. The van der Waals surface area contributed by atoms with Crippen LogP contribution in [-0.2, 0) is 9.47 Å². The fourth-order valence-corrected chi connectivity index (χ4v) is 1.56. The highest BCUT2D eigenvalue weighted by Gasteiger charge is 2.20. The largest absolute Gasteiger partial charge is 0.350 e. The fraction of sp³-hybridized carbons (Fsp3) is 0.333. The van der Waals surface area contributed by atoms with Crippen LogP contribution in [0.25, 0.3) is 0 Å². The molecule has 0 spiro atoms. The number of rotatable bonds is 3. The van der Waals surface area contributed by atoms with Crippen LogP contribution in [-0.4, -0.2) is 25.3 Å². The monoisotopic (exact) mass is 217 g/mol. The van der Waals surface area contributed by atoms with Crippen molar-refractivity contribution in [2.24, 2.45) is 0 Å². The molecule has 1 aromatic rings. The van der Waals surface area contributed by atoms with Crippen molar-refractivity contribution >= 4 is 5.78 Å². The van der Waals surface area contributed by atoms with Crippen LogP contribution in [0.4, 0.5) is 0 Å². The summed E-state index contributed by atoms with van der Waals surface area (Å²) in [7, 11) is 0. The Morgan fingerprint density at radius 2 is 2.19 bits per heavy atom. The maximum atomic E-state index is 11.8. The molecule has 0 N–H and O–H groups in total. The van der Waals surface area contributed by atoms with Gasteiger partial charge < -0.3 is 9.47 Å². The zero-order valence-corrected chi connectivity index (χ0v) is 8.68. The van der Waals surface area contributed by atoms with Gasteiger partial charge in [-0.05, 0) is 12.1 Å². The van der Waals surface area contributed by atoms with Crippen LogP contribution in [0.15, 0.2) is 24.3 Å². The molecule has 0 amide bonds. The van der Waals surface area contributed by atoms with Gasteiger partial charge in [0, 0.05) is 5.56 Å². The van der Waals surface area contributed by atoms with E-state index in [0.29, 0.717) is 24.3 Å². The lowest BCUT2D eigenvalue weighted by Gasteiger charge is -2.07. The molecule has 4 heteroatoms. The molecule has 1 aromatic carbocycles. The average Bonchev–Trinajstić information content (AvgIpc) is 2.82. The van der Waals surface area contributed by atoms with Crippen LogP contribution in [0.2, 0.25) is 0 Å². The second kappa shape index (κ2) is 4.88. The third-order valence-electron chi connectivity index (χ3n) is 2.36. The lowest BCUT2D eigenvalue weighted by Crippen LogP contribution is -2.14. The van der Waals surface area contributed by atoms with Gasteiger partial charge in [-0.3, -0.25) is 4.79 Å². The number of benzene rings is 1. The normalized spacial score (nSPS) is 15.9. The second-order valence-electron chi connectivity index (χ2n) is 3.49. The number of hydrogen-bond donors (Lipinski definition) is 0. The minimum Gasteiger partial charge on any atom is -0.350 e. The molecule has 1 aliphatic rings. The molecule has 16 heavy (non-hydrogen) atoms. The molecular weight excluding hydrogens is 206 g/mol. The van der Waals surface area contributed by atoms with E-state index in [0.717, 1.165) is 0 Å². The first-order chi connectivity index (χ1) is 7.79. The Kier molecular flexibility index (Phi) is 3.30. The summed E-state index contributed by atoms with van der Waals surface area (Å²) in [5.74, 6) is -0.0657. The molecule has 0 atom stereocenters. The van der Waals surface area contributed by atoms with E-state index in [4.69, 9.17) is 14.7 Å². The lowest BCUT2D eigenvalue weighted by atomic mass is 10.1. The number of ketones is 1. The summed E-state index contributed by atoms with van der Waals surface area (Å²) in [5.41, 5.74) is 1.01. The average molecular weight is 217 g/mol. The zero-order valence-electron chi connectivity index (χ0n) is 8.68. The van der Waals surface area contributed by atoms with Crippen molar-refractivity contribution < 1.29 is 14.3 Å². The van der Waals surface area contributed by atoms with Gasteiger partial charge in [-0.15, -0.1) is 0 Å². The first kappa shape index (κ1) is 10.8. The smallest absolute Gasteiger partial charge is 0.167 e. The standard InChI is InChI=1S/C12H11NO3/c13-8-9-2-1-3-10(6-9)11(14)7-12-15-4-5-16-12/h1-3,6,12H,4-5,7H2. The molecule has 2 rings (SSSR count). The van der Waals surface area contributed by atoms with Crippen molar-refractivity contribution in [1.82, 2.24) is 0 Å². The van der Waals surface area contributed by atoms with Gasteiger partial charge in [-0.25, -0.2) is 0 Å². The molecule has 0 radical (unpaired) electrons. The van der Waals surface area contributed by atoms with Crippen LogP contribution < -0.4 is 0 Å². The number of nitrogens with zero attached hydrogens (tertiary/aromatic N) is 1. The topological polar surface area (TPSA) is 59.3 Å². The Morgan fingerprint density at radius 3 is 2.88 bits per heavy atom.